The van der Waals surface area contributed by atoms with E-state index in [1.54, 1.807) is 0 Å². The smallest absolute Gasteiger partial charge is 0.317 e. The zero-order valence-electron chi connectivity index (χ0n) is 13.0. The summed E-state index contributed by atoms with van der Waals surface area (Å²) in [7, 11) is 0. The molecule has 2 heterocycles. The van der Waals surface area contributed by atoms with Crippen molar-refractivity contribution in [2.24, 2.45) is 5.92 Å². The van der Waals surface area contributed by atoms with E-state index in [0.29, 0.717) is 12.0 Å². The highest BCUT2D eigenvalue weighted by Crippen LogP contribution is 2.22. The van der Waals surface area contributed by atoms with Gasteiger partial charge < -0.3 is 10.2 Å². The van der Waals surface area contributed by atoms with E-state index >= 15 is 0 Å². The van der Waals surface area contributed by atoms with E-state index in [0.717, 1.165) is 31.7 Å². The zero-order valence-corrected chi connectivity index (χ0v) is 13.0. The van der Waals surface area contributed by atoms with Crippen LogP contribution in [0, 0.1) is 19.8 Å². The molecule has 20 heavy (non-hydrogen) atoms. The van der Waals surface area contributed by atoms with Crippen LogP contribution in [0.1, 0.15) is 44.1 Å². The molecule has 1 fully saturated rings. The minimum absolute atomic E-state index is 0.0612. The summed E-state index contributed by atoms with van der Waals surface area (Å²) in [6, 6.07) is 2.48. The SMILES string of the molecule is CC[C@H](C)CCNC(=O)N1CC(n2nc(C)cc2C)C1. The van der Waals surface area contributed by atoms with Crippen molar-refractivity contribution in [1.82, 2.24) is 20.0 Å². The van der Waals surface area contributed by atoms with Crippen LogP contribution in [0.4, 0.5) is 4.79 Å². The van der Waals surface area contributed by atoms with Crippen LogP contribution in [0.25, 0.3) is 0 Å². The molecule has 1 saturated heterocycles. The predicted molar refractivity (Wildman–Crippen MR) is 79.8 cm³/mol. The summed E-state index contributed by atoms with van der Waals surface area (Å²) in [5.74, 6) is 0.675. The van der Waals surface area contributed by atoms with E-state index in [9.17, 15) is 4.79 Å². The molecule has 5 heteroatoms. The Morgan fingerprint density at radius 1 is 1.50 bits per heavy atom. The molecule has 2 rings (SSSR count). The maximum Gasteiger partial charge on any atom is 0.317 e. The van der Waals surface area contributed by atoms with Crippen LogP contribution in [-0.2, 0) is 0 Å². The second-order valence-electron chi connectivity index (χ2n) is 5.96. The number of hydrogen-bond acceptors (Lipinski definition) is 2. The minimum Gasteiger partial charge on any atom is -0.338 e. The highest BCUT2D eigenvalue weighted by atomic mass is 16.2. The molecule has 5 nitrogen and oxygen atoms in total. The summed E-state index contributed by atoms with van der Waals surface area (Å²) < 4.78 is 2.04. The fraction of sp³-hybridized carbons (Fsp3) is 0.733. The van der Waals surface area contributed by atoms with Gasteiger partial charge in [-0.2, -0.15) is 5.10 Å². The van der Waals surface area contributed by atoms with Crippen LogP contribution in [0.3, 0.4) is 0 Å². The lowest BCUT2D eigenvalue weighted by atomic mass is 10.1. The van der Waals surface area contributed by atoms with Crippen LogP contribution in [-0.4, -0.2) is 40.3 Å². The monoisotopic (exact) mass is 278 g/mol. The topological polar surface area (TPSA) is 50.2 Å². The van der Waals surface area contributed by atoms with E-state index in [2.05, 4.69) is 37.3 Å². The van der Waals surface area contributed by atoms with Crippen molar-refractivity contribution < 1.29 is 4.79 Å². The number of nitrogens with one attached hydrogen (secondary N) is 1. The van der Waals surface area contributed by atoms with Crippen molar-refractivity contribution in [3.05, 3.63) is 17.5 Å². The summed E-state index contributed by atoms with van der Waals surface area (Å²) in [6.45, 7) is 10.8. The standard InChI is InChI=1S/C15H26N4O/c1-5-11(2)6-7-16-15(20)18-9-14(10-18)19-13(4)8-12(3)17-19/h8,11,14H,5-7,9-10H2,1-4H3,(H,16,20)/t11-/m0/s1. The van der Waals surface area contributed by atoms with Gasteiger partial charge in [0.15, 0.2) is 0 Å². The molecular weight excluding hydrogens is 252 g/mol. The Morgan fingerprint density at radius 3 is 2.75 bits per heavy atom. The number of nitrogens with zero attached hydrogens (tertiary/aromatic N) is 3. The van der Waals surface area contributed by atoms with Gasteiger partial charge in [-0.3, -0.25) is 4.68 Å². The highest BCUT2D eigenvalue weighted by molar-refractivity contribution is 5.75. The van der Waals surface area contributed by atoms with Gasteiger partial charge in [-0.15, -0.1) is 0 Å². The number of rotatable bonds is 5. The lowest BCUT2D eigenvalue weighted by molar-refractivity contribution is 0.117. The van der Waals surface area contributed by atoms with Crippen LogP contribution in [0.2, 0.25) is 0 Å². The van der Waals surface area contributed by atoms with Crippen molar-refractivity contribution in [3.8, 4) is 0 Å². The van der Waals surface area contributed by atoms with Gasteiger partial charge in [-0.1, -0.05) is 20.3 Å². The number of aryl methyl sites for hydroxylation is 2. The van der Waals surface area contributed by atoms with Crippen molar-refractivity contribution in [1.29, 1.82) is 0 Å². The molecule has 0 aliphatic carbocycles. The Morgan fingerprint density at radius 2 is 2.20 bits per heavy atom. The lowest BCUT2D eigenvalue weighted by Gasteiger charge is -2.39. The van der Waals surface area contributed by atoms with E-state index in [1.165, 1.54) is 12.1 Å². The lowest BCUT2D eigenvalue weighted by Crippen LogP contribution is -2.54. The van der Waals surface area contributed by atoms with Crippen molar-refractivity contribution in [2.45, 2.75) is 46.6 Å². The van der Waals surface area contributed by atoms with Crippen molar-refractivity contribution in [3.63, 3.8) is 0 Å². The Bertz CT molecular complexity index is 462. The number of aromatic nitrogens is 2. The minimum atomic E-state index is 0.0612. The Balaban J connectivity index is 1.73. The average molecular weight is 278 g/mol. The second-order valence-corrected chi connectivity index (χ2v) is 5.96. The molecule has 1 aromatic heterocycles. The number of carbonyl (C=O) groups excluding carboxylic acids is 1. The van der Waals surface area contributed by atoms with Gasteiger partial charge in [0.2, 0.25) is 0 Å². The van der Waals surface area contributed by atoms with Gasteiger partial charge in [0.05, 0.1) is 11.7 Å². The quantitative estimate of drug-likeness (QED) is 0.899. The van der Waals surface area contributed by atoms with Gasteiger partial charge >= 0.3 is 6.03 Å². The third-order valence-electron chi connectivity index (χ3n) is 4.15. The summed E-state index contributed by atoms with van der Waals surface area (Å²) in [5.41, 5.74) is 2.21. The average Bonchev–Trinajstić information content (AvgIpc) is 2.66. The number of likely N-dealkylation sites (tertiary alicyclic amines) is 1. The third-order valence-corrected chi connectivity index (χ3v) is 4.15. The van der Waals surface area contributed by atoms with Crippen LogP contribution < -0.4 is 5.32 Å². The number of carbonyl (C=O) groups is 1. The summed E-state index contributed by atoms with van der Waals surface area (Å²) in [6.07, 6.45) is 2.22. The molecule has 2 amide bonds. The van der Waals surface area contributed by atoms with Crippen molar-refractivity contribution >= 4 is 6.03 Å². The van der Waals surface area contributed by atoms with Gasteiger partial charge in [0.1, 0.15) is 0 Å². The Hall–Kier alpha value is -1.52. The first-order valence-corrected chi connectivity index (χ1v) is 7.56. The van der Waals surface area contributed by atoms with Gasteiger partial charge in [-0.05, 0) is 32.3 Å². The summed E-state index contributed by atoms with van der Waals surface area (Å²) in [5, 5.41) is 7.48. The molecule has 0 bridgehead atoms. The number of amides is 2. The molecular formula is C15H26N4O. The highest BCUT2D eigenvalue weighted by Gasteiger charge is 2.32. The molecule has 0 radical (unpaired) electrons. The predicted octanol–water partition coefficient (Wildman–Crippen LogP) is 2.50. The molecule has 112 valence electrons. The van der Waals surface area contributed by atoms with Crippen LogP contribution in [0.5, 0.6) is 0 Å². The molecule has 0 saturated carbocycles. The number of urea groups is 1. The molecule has 1 aromatic rings. The third kappa shape index (κ3) is 3.32. The van der Waals surface area contributed by atoms with E-state index in [4.69, 9.17) is 0 Å². The van der Waals surface area contributed by atoms with Crippen LogP contribution >= 0.6 is 0 Å². The van der Waals surface area contributed by atoms with E-state index in [-0.39, 0.29) is 6.03 Å². The molecule has 0 aromatic carbocycles. The maximum absolute atomic E-state index is 11.9. The second kappa shape index (κ2) is 6.29. The fourth-order valence-corrected chi connectivity index (χ4v) is 2.53. The molecule has 1 aliphatic heterocycles. The molecule has 1 N–H and O–H groups in total. The molecule has 0 unspecified atom stereocenters. The normalized spacial score (nSPS) is 16.9. The zero-order chi connectivity index (χ0) is 14.7. The van der Waals surface area contributed by atoms with Gasteiger partial charge in [0, 0.05) is 25.3 Å². The Labute approximate surface area is 121 Å². The summed E-state index contributed by atoms with van der Waals surface area (Å²) in [4.78, 5) is 13.8. The van der Waals surface area contributed by atoms with Gasteiger partial charge in [0.25, 0.3) is 0 Å². The largest absolute Gasteiger partial charge is 0.338 e. The van der Waals surface area contributed by atoms with Gasteiger partial charge in [-0.25, -0.2) is 4.79 Å². The summed E-state index contributed by atoms with van der Waals surface area (Å²) >= 11 is 0. The first-order valence-electron chi connectivity index (χ1n) is 7.56. The van der Waals surface area contributed by atoms with E-state index in [1.807, 2.05) is 16.5 Å². The van der Waals surface area contributed by atoms with E-state index < -0.39 is 0 Å². The first-order chi connectivity index (χ1) is 9.51. The number of hydrogen-bond donors (Lipinski definition) is 1. The molecule has 1 aliphatic rings. The van der Waals surface area contributed by atoms with Crippen molar-refractivity contribution in [2.75, 3.05) is 19.6 Å². The molecule has 0 spiro atoms. The maximum atomic E-state index is 11.9. The van der Waals surface area contributed by atoms with Crippen LogP contribution in [0.15, 0.2) is 6.07 Å². The fourth-order valence-electron chi connectivity index (χ4n) is 2.53. The Kier molecular flexibility index (Phi) is 4.68. The molecule has 1 atom stereocenters. The first kappa shape index (κ1) is 14.9.